The van der Waals surface area contributed by atoms with Gasteiger partial charge < -0.3 is 14.6 Å². The van der Waals surface area contributed by atoms with Crippen molar-refractivity contribution in [1.29, 1.82) is 0 Å². The molecule has 0 aliphatic carbocycles. The molecule has 0 saturated heterocycles. The zero-order chi connectivity index (χ0) is 16.0. The number of nitrogens with one attached hydrogen (secondary N) is 1. The van der Waals surface area contributed by atoms with Crippen molar-refractivity contribution in [3.05, 3.63) is 28.2 Å². The summed E-state index contributed by atoms with van der Waals surface area (Å²) in [5.74, 6) is -1.03. The monoisotopic (exact) mass is 359 g/mol. The molecule has 0 spiro atoms. The fraction of sp³-hybridized carbons (Fsp3) is 0.429. The topological polar surface area (TPSA) is 84.9 Å². The number of carboxylic acid groups (broad SMARTS) is 1. The second-order valence-corrected chi connectivity index (χ2v) is 6.28. The van der Waals surface area contributed by atoms with E-state index in [2.05, 4.69) is 21.2 Å². The Bertz CT molecular complexity index is 525. The molecule has 7 heteroatoms. The summed E-state index contributed by atoms with van der Waals surface area (Å²) in [6.07, 6.45) is -0.557. The van der Waals surface area contributed by atoms with Gasteiger partial charge in [-0.2, -0.15) is 0 Å². The number of carboxylic acids is 1. The summed E-state index contributed by atoms with van der Waals surface area (Å²) in [6.45, 7) is 5.09. The maximum absolute atomic E-state index is 11.7. The first-order chi connectivity index (χ1) is 9.65. The molecule has 0 atom stereocenters. The summed E-state index contributed by atoms with van der Waals surface area (Å²) >= 11 is 3.32. The van der Waals surface area contributed by atoms with Gasteiger partial charge in [-0.3, -0.25) is 5.32 Å². The Hall–Kier alpha value is -1.60. The molecule has 0 fully saturated rings. The molecule has 1 aromatic rings. The van der Waals surface area contributed by atoms with E-state index in [0.29, 0.717) is 5.69 Å². The van der Waals surface area contributed by atoms with E-state index in [1.807, 2.05) is 0 Å². The third-order valence-corrected chi connectivity index (χ3v) is 2.55. The molecule has 6 nitrogen and oxygen atoms in total. The smallest absolute Gasteiger partial charge is 0.412 e. The number of hydrogen-bond donors (Lipinski definition) is 2. The quantitative estimate of drug-likeness (QED) is 0.841. The lowest BCUT2D eigenvalue weighted by molar-refractivity contribution is -0.142. The van der Waals surface area contributed by atoms with Gasteiger partial charge in [-0.25, -0.2) is 9.59 Å². The van der Waals surface area contributed by atoms with Crippen molar-refractivity contribution in [3.63, 3.8) is 0 Å². The first-order valence-electron chi connectivity index (χ1n) is 6.25. The van der Waals surface area contributed by atoms with Crippen molar-refractivity contribution < 1.29 is 24.2 Å². The molecule has 2 N–H and O–H groups in total. The Kier molecular flexibility index (Phi) is 6.17. The maximum atomic E-state index is 11.7. The lowest BCUT2D eigenvalue weighted by Crippen LogP contribution is -2.27. The Morgan fingerprint density at radius 1 is 1.29 bits per heavy atom. The molecule has 0 heterocycles. The van der Waals surface area contributed by atoms with Crippen LogP contribution in [-0.4, -0.2) is 29.4 Å². The molecule has 0 saturated carbocycles. The molecule has 0 unspecified atom stereocenters. The molecule has 0 aromatic heterocycles. The average Bonchev–Trinajstić information content (AvgIpc) is 2.24. The number of anilines is 1. The van der Waals surface area contributed by atoms with Crippen molar-refractivity contribution in [2.75, 3.05) is 11.9 Å². The highest BCUT2D eigenvalue weighted by atomic mass is 79.9. The van der Waals surface area contributed by atoms with Gasteiger partial charge >= 0.3 is 12.1 Å². The number of benzene rings is 1. The van der Waals surface area contributed by atoms with E-state index in [0.717, 1.165) is 10.0 Å². The summed E-state index contributed by atoms with van der Waals surface area (Å²) in [7, 11) is 0. The molecular formula is C14H18BrNO5. The summed E-state index contributed by atoms with van der Waals surface area (Å²) in [5.41, 5.74) is 0.688. The predicted molar refractivity (Wildman–Crippen MR) is 81.3 cm³/mol. The second-order valence-electron chi connectivity index (χ2n) is 5.36. The highest BCUT2D eigenvalue weighted by molar-refractivity contribution is 9.10. The average molecular weight is 360 g/mol. The minimum absolute atomic E-state index is 0.134. The second kappa shape index (κ2) is 7.42. The van der Waals surface area contributed by atoms with Crippen LogP contribution in [0.25, 0.3) is 0 Å². The Balaban J connectivity index is 2.68. The van der Waals surface area contributed by atoms with Crippen molar-refractivity contribution in [1.82, 2.24) is 0 Å². The third-order valence-electron chi connectivity index (χ3n) is 2.10. The van der Waals surface area contributed by atoms with Gasteiger partial charge in [0.1, 0.15) is 12.2 Å². The largest absolute Gasteiger partial charge is 0.480 e. The van der Waals surface area contributed by atoms with E-state index >= 15 is 0 Å². The first-order valence-corrected chi connectivity index (χ1v) is 7.04. The van der Waals surface area contributed by atoms with E-state index in [-0.39, 0.29) is 13.2 Å². The van der Waals surface area contributed by atoms with E-state index < -0.39 is 17.7 Å². The van der Waals surface area contributed by atoms with E-state index in [1.165, 1.54) is 0 Å². The number of carbonyl (C=O) groups is 2. The molecule has 1 rings (SSSR count). The number of halogens is 1. The van der Waals surface area contributed by atoms with Gasteiger partial charge in [0.25, 0.3) is 0 Å². The van der Waals surface area contributed by atoms with Crippen LogP contribution in [0.3, 0.4) is 0 Å². The van der Waals surface area contributed by atoms with Crippen LogP contribution in [0.15, 0.2) is 22.7 Å². The van der Waals surface area contributed by atoms with Gasteiger partial charge in [0, 0.05) is 10.2 Å². The van der Waals surface area contributed by atoms with Crippen LogP contribution in [0.2, 0.25) is 0 Å². The Morgan fingerprint density at radius 2 is 1.95 bits per heavy atom. The van der Waals surface area contributed by atoms with Crippen LogP contribution < -0.4 is 5.32 Å². The van der Waals surface area contributed by atoms with Crippen molar-refractivity contribution in [2.24, 2.45) is 0 Å². The highest BCUT2D eigenvalue weighted by Crippen LogP contribution is 2.21. The molecule has 0 aliphatic rings. The van der Waals surface area contributed by atoms with Crippen LogP contribution in [0.1, 0.15) is 26.3 Å². The highest BCUT2D eigenvalue weighted by Gasteiger charge is 2.16. The van der Waals surface area contributed by atoms with Crippen LogP contribution in [0, 0.1) is 0 Å². The molecule has 116 valence electrons. The molecule has 1 amide bonds. The van der Waals surface area contributed by atoms with Gasteiger partial charge in [-0.1, -0.05) is 15.9 Å². The Morgan fingerprint density at radius 3 is 2.52 bits per heavy atom. The standard InChI is InChI=1S/C14H18BrNO5/c1-14(2,3)21-13(19)16-11-5-9(4-10(15)6-11)7-20-8-12(17)18/h4-6H,7-8H2,1-3H3,(H,16,19)(H,17,18). The predicted octanol–water partition coefficient (Wildman–Crippen LogP) is 3.40. The number of carbonyl (C=O) groups excluding carboxylic acids is 1. The number of ether oxygens (including phenoxy) is 2. The van der Waals surface area contributed by atoms with Gasteiger partial charge in [0.2, 0.25) is 0 Å². The van der Waals surface area contributed by atoms with Gasteiger partial charge in [0.05, 0.1) is 6.61 Å². The lowest BCUT2D eigenvalue weighted by Gasteiger charge is -2.20. The van der Waals surface area contributed by atoms with Gasteiger partial charge in [0.15, 0.2) is 0 Å². The Labute approximate surface area is 131 Å². The van der Waals surface area contributed by atoms with Crippen molar-refractivity contribution in [3.8, 4) is 0 Å². The fourth-order valence-corrected chi connectivity index (χ4v) is 2.02. The maximum Gasteiger partial charge on any atom is 0.412 e. The fourth-order valence-electron chi connectivity index (χ4n) is 1.48. The van der Waals surface area contributed by atoms with E-state index in [9.17, 15) is 9.59 Å². The summed E-state index contributed by atoms with van der Waals surface area (Å²) < 4.78 is 10.9. The minimum atomic E-state index is -1.03. The molecule has 0 bridgehead atoms. The lowest BCUT2D eigenvalue weighted by atomic mass is 10.2. The van der Waals surface area contributed by atoms with E-state index in [1.54, 1.807) is 39.0 Å². The molecular weight excluding hydrogens is 342 g/mol. The van der Waals surface area contributed by atoms with Crippen molar-refractivity contribution >= 4 is 33.7 Å². The van der Waals surface area contributed by atoms with Crippen LogP contribution in [0.5, 0.6) is 0 Å². The molecule has 1 aromatic carbocycles. The van der Waals surface area contributed by atoms with Crippen LogP contribution in [-0.2, 0) is 20.9 Å². The molecule has 21 heavy (non-hydrogen) atoms. The number of rotatable bonds is 5. The SMILES string of the molecule is CC(C)(C)OC(=O)Nc1cc(Br)cc(COCC(=O)O)c1. The van der Waals surface area contributed by atoms with Crippen molar-refractivity contribution in [2.45, 2.75) is 33.0 Å². The number of aliphatic carboxylic acids is 1. The van der Waals surface area contributed by atoms with Crippen LogP contribution >= 0.6 is 15.9 Å². The molecule has 0 aliphatic heterocycles. The van der Waals surface area contributed by atoms with Gasteiger partial charge in [-0.15, -0.1) is 0 Å². The van der Waals surface area contributed by atoms with Gasteiger partial charge in [-0.05, 0) is 44.5 Å². The summed E-state index contributed by atoms with van der Waals surface area (Å²) in [4.78, 5) is 22.1. The zero-order valence-corrected chi connectivity index (χ0v) is 13.7. The zero-order valence-electron chi connectivity index (χ0n) is 12.1. The normalized spacial score (nSPS) is 11.0. The first kappa shape index (κ1) is 17.5. The number of hydrogen-bond acceptors (Lipinski definition) is 4. The summed E-state index contributed by atoms with van der Waals surface area (Å²) in [5, 5.41) is 11.1. The summed E-state index contributed by atoms with van der Waals surface area (Å²) in [6, 6.07) is 5.18. The minimum Gasteiger partial charge on any atom is -0.480 e. The molecule has 0 radical (unpaired) electrons. The van der Waals surface area contributed by atoms with Crippen LogP contribution in [0.4, 0.5) is 10.5 Å². The van der Waals surface area contributed by atoms with E-state index in [4.69, 9.17) is 14.6 Å². The number of amides is 1. The third kappa shape index (κ3) is 7.67.